The summed E-state index contributed by atoms with van der Waals surface area (Å²) in [4.78, 5) is 38.7. The number of aromatic nitrogens is 2. The van der Waals surface area contributed by atoms with E-state index in [9.17, 15) is 9.59 Å². The number of fused-ring (bicyclic) bond motifs is 1. The lowest BCUT2D eigenvalue weighted by Crippen LogP contribution is -2.47. The van der Waals surface area contributed by atoms with Gasteiger partial charge in [-0.25, -0.2) is 9.97 Å². The monoisotopic (exact) mass is 449 g/mol. The van der Waals surface area contributed by atoms with Crippen LogP contribution in [0.1, 0.15) is 43.4 Å². The van der Waals surface area contributed by atoms with Gasteiger partial charge in [0.15, 0.2) is 0 Å². The van der Waals surface area contributed by atoms with Gasteiger partial charge in [-0.15, -0.1) is 0 Å². The molecular weight excluding hydrogens is 418 g/mol. The van der Waals surface area contributed by atoms with Gasteiger partial charge in [0.2, 0.25) is 11.8 Å². The van der Waals surface area contributed by atoms with Gasteiger partial charge in [0.1, 0.15) is 17.9 Å². The molecule has 5 rings (SSSR count). The first-order chi connectivity index (χ1) is 16.1. The quantitative estimate of drug-likeness (QED) is 0.755. The van der Waals surface area contributed by atoms with Crippen molar-refractivity contribution in [2.75, 3.05) is 36.5 Å². The van der Waals surface area contributed by atoms with Gasteiger partial charge in [0.05, 0.1) is 18.7 Å². The average molecular weight is 450 g/mol. The van der Waals surface area contributed by atoms with Crippen LogP contribution in [0.2, 0.25) is 0 Å². The van der Waals surface area contributed by atoms with E-state index in [2.05, 4.69) is 20.2 Å². The number of carbonyl (C=O) groups excluding carboxylic acids is 2. The number of amides is 2. The van der Waals surface area contributed by atoms with Crippen LogP contribution in [0.4, 0.5) is 11.5 Å². The molecule has 174 valence electrons. The minimum Gasteiger partial charge on any atom is -0.495 e. The summed E-state index contributed by atoms with van der Waals surface area (Å²) in [5.74, 6) is 1.32. The largest absolute Gasteiger partial charge is 0.495 e. The van der Waals surface area contributed by atoms with E-state index in [0.29, 0.717) is 12.3 Å². The van der Waals surface area contributed by atoms with E-state index in [-0.39, 0.29) is 30.2 Å². The van der Waals surface area contributed by atoms with Gasteiger partial charge in [0, 0.05) is 43.4 Å². The second-order valence-corrected chi connectivity index (χ2v) is 9.18. The zero-order valence-corrected chi connectivity index (χ0v) is 19.1. The third kappa shape index (κ3) is 4.38. The number of nitrogens with zero attached hydrogens (tertiary/aromatic N) is 4. The van der Waals surface area contributed by atoms with Gasteiger partial charge < -0.3 is 19.9 Å². The van der Waals surface area contributed by atoms with E-state index in [1.54, 1.807) is 18.3 Å². The van der Waals surface area contributed by atoms with Gasteiger partial charge >= 0.3 is 0 Å². The maximum Gasteiger partial charge on any atom is 0.227 e. The SMILES string of the molecule is COc1ccccc1N1CC(C(=O)NC2CCN(c3ncnc4c3CCCC4)CC2)CC1=O. The number of hydrogen-bond donors (Lipinski definition) is 1. The molecule has 2 saturated heterocycles. The number of rotatable bonds is 5. The summed E-state index contributed by atoms with van der Waals surface area (Å²) in [6.07, 6.45) is 8.18. The molecule has 8 nitrogen and oxygen atoms in total. The van der Waals surface area contributed by atoms with Gasteiger partial charge in [-0.05, 0) is 50.7 Å². The summed E-state index contributed by atoms with van der Waals surface area (Å²) in [7, 11) is 1.59. The predicted molar refractivity (Wildman–Crippen MR) is 126 cm³/mol. The molecule has 33 heavy (non-hydrogen) atoms. The molecule has 0 spiro atoms. The summed E-state index contributed by atoms with van der Waals surface area (Å²) in [6.45, 7) is 2.12. The molecule has 2 aliphatic heterocycles. The smallest absolute Gasteiger partial charge is 0.227 e. The topological polar surface area (TPSA) is 87.7 Å². The number of benzene rings is 1. The van der Waals surface area contributed by atoms with Gasteiger partial charge in [-0.2, -0.15) is 0 Å². The Kier molecular flexibility index (Phi) is 6.15. The molecule has 2 amide bonds. The normalized spacial score (nSPS) is 21.1. The molecule has 8 heteroatoms. The van der Waals surface area contributed by atoms with E-state index in [4.69, 9.17) is 4.74 Å². The number of para-hydroxylation sites is 2. The second-order valence-electron chi connectivity index (χ2n) is 9.18. The van der Waals surface area contributed by atoms with Crippen LogP contribution in [0, 0.1) is 5.92 Å². The number of anilines is 2. The lowest BCUT2D eigenvalue weighted by Gasteiger charge is -2.35. The minimum atomic E-state index is -0.339. The summed E-state index contributed by atoms with van der Waals surface area (Å²) in [5.41, 5.74) is 3.24. The number of ether oxygens (including phenoxy) is 1. The average Bonchev–Trinajstić information content (AvgIpc) is 3.25. The highest BCUT2D eigenvalue weighted by molar-refractivity contribution is 6.01. The van der Waals surface area contributed by atoms with Crippen LogP contribution in [0.3, 0.4) is 0 Å². The van der Waals surface area contributed by atoms with Crippen LogP contribution in [-0.2, 0) is 22.4 Å². The van der Waals surface area contributed by atoms with Crippen molar-refractivity contribution in [3.05, 3.63) is 41.9 Å². The summed E-state index contributed by atoms with van der Waals surface area (Å²) in [6, 6.07) is 7.57. The van der Waals surface area contributed by atoms with E-state index in [0.717, 1.165) is 50.3 Å². The molecule has 3 heterocycles. The highest BCUT2D eigenvalue weighted by atomic mass is 16.5. The number of piperidine rings is 1. The molecule has 1 aliphatic carbocycles. The Morgan fingerprint density at radius 3 is 2.73 bits per heavy atom. The molecule has 3 aliphatic rings. The van der Waals surface area contributed by atoms with Gasteiger partial charge in [0.25, 0.3) is 0 Å². The summed E-state index contributed by atoms with van der Waals surface area (Å²) >= 11 is 0. The van der Waals surface area contributed by atoms with Crippen molar-refractivity contribution < 1.29 is 14.3 Å². The first kappa shape index (κ1) is 21.7. The standard InChI is InChI=1S/C25H31N5O3/c1-33-22-9-5-4-8-21(22)30-15-17(14-23(30)31)25(32)28-18-10-12-29(13-11-18)24-19-6-2-3-7-20(19)26-16-27-24/h4-5,8-9,16-18H,2-3,6-7,10-15H2,1H3,(H,28,32). The van der Waals surface area contributed by atoms with Crippen molar-refractivity contribution in [2.45, 2.75) is 51.0 Å². The molecule has 1 atom stereocenters. The van der Waals surface area contributed by atoms with Crippen LogP contribution >= 0.6 is 0 Å². The maximum absolute atomic E-state index is 13.0. The fourth-order valence-corrected chi connectivity index (χ4v) is 5.30. The number of hydrogen-bond acceptors (Lipinski definition) is 6. The fraction of sp³-hybridized carbons (Fsp3) is 0.520. The minimum absolute atomic E-state index is 0.0291. The molecule has 1 aromatic carbocycles. The lowest BCUT2D eigenvalue weighted by molar-refractivity contribution is -0.127. The third-order valence-electron chi connectivity index (χ3n) is 7.11. The van der Waals surface area contributed by atoms with E-state index in [1.807, 2.05) is 24.3 Å². The number of carbonyl (C=O) groups is 2. The van der Waals surface area contributed by atoms with Crippen molar-refractivity contribution in [1.82, 2.24) is 15.3 Å². The van der Waals surface area contributed by atoms with Crippen LogP contribution in [0.15, 0.2) is 30.6 Å². The second kappa shape index (κ2) is 9.37. The molecule has 0 saturated carbocycles. The Hall–Kier alpha value is -3.16. The Balaban J connectivity index is 1.17. The molecule has 2 aromatic rings. The van der Waals surface area contributed by atoms with Crippen molar-refractivity contribution in [3.63, 3.8) is 0 Å². The van der Waals surface area contributed by atoms with Crippen LogP contribution in [0.5, 0.6) is 5.75 Å². The molecule has 1 unspecified atom stereocenters. The summed E-state index contributed by atoms with van der Waals surface area (Å²) in [5, 5.41) is 3.21. The lowest BCUT2D eigenvalue weighted by atomic mass is 9.95. The van der Waals surface area contributed by atoms with Crippen molar-refractivity contribution in [1.29, 1.82) is 0 Å². The number of aryl methyl sites for hydroxylation is 1. The van der Waals surface area contributed by atoms with Crippen LogP contribution in [0.25, 0.3) is 0 Å². The Morgan fingerprint density at radius 2 is 1.91 bits per heavy atom. The highest BCUT2D eigenvalue weighted by Gasteiger charge is 2.37. The molecule has 2 fully saturated rings. The maximum atomic E-state index is 13.0. The van der Waals surface area contributed by atoms with E-state index in [1.165, 1.54) is 24.1 Å². The Bertz CT molecular complexity index is 1030. The number of nitrogens with one attached hydrogen (secondary N) is 1. The van der Waals surface area contributed by atoms with E-state index >= 15 is 0 Å². The van der Waals surface area contributed by atoms with Gasteiger partial charge in [-0.1, -0.05) is 12.1 Å². The highest BCUT2D eigenvalue weighted by Crippen LogP contribution is 2.33. The zero-order chi connectivity index (χ0) is 22.8. The van der Waals surface area contributed by atoms with Crippen molar-refractivity contribution in [2.24, 2.45) is 5.92 Å². The Morgan fingerprint density at radius 1 is 1.12 bits per heavy atom. The first-order valence-corrected chi connectivity index (χ1v) is 12.0. The first-order valence-electron chi connectivity index (χ1n) is 12.0. The van der Waals surface area contributed by atoms with Gasteiger partial charge in [-0.3, -0.25) is 9.59 Å². The molecule has 0 radical (unpaired) electrons. The Labute approximate surface area is 194 Å². The third-order valence-corrected chi connectivity index (χ3v) is 7.11. The van der Waals surface area contributed by atoms with Crippen LogP contribution < -0.4 is 19.9 Å². The predicted octanol–water partition coefficient (Wildman–Crippen LogP) is 2.50. The fourth-order valence-electron chi connectivity index (χ4n) is 5.30. The van der Waals surface area contributed by atoms with Crippen LogP contribution in [-0.4, -0.2) is 54.6 Å². The van der Waals surface area contributed by atoms with Crippen molar-refractivity contribution in [3.8, 4) is 5.75 Å². The molecule has 1 aromatic heterocycles. The molecule has 1 N–H and O–H groups in total. The molecular formula is C25H31N5O3. The van der Waals surface area contributed by atoms with E-state index < -0.39 is 0 Å². The summed E-state index contributed by atoms with van der Waals surface area (Å²) < 4.78 is 5.40. The zero-order valence-electron chi connectivity index (χ0n) is 19.1. The molecule has 0 bridgehead atoms. The van der Waals surface area contributed by atoms with Crippen molar-refractivity contribution >= 4 is 23.3 Å². The number of methoxy groups -OCH3 is 1.